The normalized spacial score (nSPS) is 14.4. The van der Waals surface area contributed by atoms with E-state index in [1.54, 1.807) is 47.0 Å². The Balaban J connectivity index is 1.43. The summed E-state index contributed by atoms with van der Waals surface area (Å²) in [5, 5.41) is 11.7. The molecule has 1 fully saturated rings. The van der Waals surface area contributed by atoms with Gasteiger partial charge >= 0.3 is 0 Å². The summed E-state index contributed by atoms with van der Waals surface area (Å²) in [5.74, 6) is 0.390. The Morgan fingerprint density at radius 2 is 1.84 bits per heavy atom. The molecule has 0 unspecified atom stereocenters. The number of furan rings is 1. The van der Waals surface area contributed by atoms with Crippen LogP contribution in [0.5, 0.6) is 0 Å². The lowest BCUT2D eigenvalue weighted by Gasteiger charge is -2.26. The van der Waals surface area contributed by atoms with Gasteiger partial charge in [-0.05, 0) is 48.5 Å². The minimum atomic E-state index is -3.73. The maximum Gasteiger partial charge on any atom is 0.243 e. The van der Waals surface area contributed by atoms with Crippen LogP contribution < -0.4 is 5.32 Å². The van der Waals surface area contributed by atoms with Crippen molar-refractivity contribution < 1.29 is 26.8 Å². The summed E-state index contributed by atoms with van der Waals surface area (Å²) >= 11 is 1.15. The number of nitrogens with zero attached hydrogens (tertiary/aromatic N) is 4. The first-order valence-electron chi connectivity index (χ1n) is 11.7. The van der Waals surface area contributed by atoms with Gasteiger partial charge in [0.25, 0.3) is 0 Å². The molecule has 0 aliphatic carbocycles. The first-order valence-corrected chi connectivity index (χ1v) is 14.2. The first kappa shape index (κ1) is 26.1. The average Bonchev–Trinajstić information content (AvgIpc) is 3.62. The third-order valence-corrected chi connectivity index (χ3v) is 8.61. The summed E-state index contributed by atoms with van der Waals surface area (Å²) in [6.45, 7) is 1.50. The number of carbonyl (C=O) groups excluding carboxylic acids is 1. The molecule has 1 N–H and O–H groups in total. The molecule has 13 heteroatoms. The summed E-state index contributed by atoms with van der Waals surface area (Å²) in [6, 6.07) is 15.7. The van der Waals surface area contributed by atoms with Crippen LogP contribution in [0.15, 0.2) is 81.4 Å². The summed E-state index contributed by atoms with van der Waals surface area (Å²) in [7, 11) is -3.73. The van der Waals surface area contributed by atoms with Crippen LogP contribution in [0.4, 0.5) is 4.39 Å². The highest BCUT2D eigenvalue weighted by atomic mass is 32.2. The molecule has 2 aromatic heterocycles. The van der Waals surface area contributed by atoms with E-state index in [1.807, 2.05) is 0 Å². The molecule has 1 amide bonds. The number of morpholine rings is 1. The maximum absolute atomic E-state index is 13.7. The zero-order valence-electron chi connectivity index (χ0n) is 20.1. The molecule has 10 nitrogen and oxygen atoms in total. The van der Waals surface area contributed by atoms with E-state index in [2.05, 4.69) is 15.5 Å². The zero-order chi connectivity index (χ0) is 26.5. The number of aromatic nitrogens is 3. The highest BCUT2D eigenvalue weighted by molar-refractivity contribution is 7.99. The average molecular weight is 558 g/mol. The van der Waals surface area contributed by atoms with E-state index >= 15 is 0 Å². The second-order valence-electron chi connectivity index (χ2n) is 8.31. The molecule has 5 rings (SSSR count). The Bertz CT molecular complexity index is 1500. The SMILES string of the molecule is O=C(CSc1nnc(-c2cccc(S(=O)(=O)N3CCOCC3)c2)n1-c1ccc(F)cc1)NCc1ccco1. The van der Waals surface area contributed by atoms with Crippen LogP contribution >= 0.6 is 11.8 Å². The Kier molecular flexibility index (Phi) is 7.88. The number of benzene rings is 2. The van der Waals surface area contributed by atoms with Gasteiger partial charge in [-0.25, -0.2) is 12.8 Å². The molecule has 3 heterocycles. The highest BCUT2D eigenvalue weighted by Crippen LogP contribution is 2.30. The van der Waals surface area contributed by atoms with Crippen LogP contribution in [-0.2, 0) is 26.1 Å². The second-order valence-corrected chi connectivity index (χ2v) is 11.2. The van der Waals surface area contributed by atoms with Crippen molar-refractivity contribution in [2.75, 3.05) is 32.1 Å². The minimum absolute atomic E-state index is 0.0471. The second kappa shape index (κ2) is 11.5. The lowest BCUT2D eigenvalue weighted by atomic mass is 10.2. The number of hydrogen-bond donors (Lipinski definition) is 1. The summed E-state index contributed by atoms with van der Waals surface area (Å²) < 4.78 is 53.7. The maximum atomic E-state index is 13.7. The molecule has 0 saturated carbocycles. The molecule has 0 radical (unpaired) electrons. The van der Waals surface area contributed by atoms with Crippen LogP contribution in [0.25, 0.3) is 17.1 Å². The zero-order valence-corrected chi connectivity index (χ0v) is 21.8. The van der Waals surface area contributed by atoms with Gasteiger partial charge in [0.2, 0.25) is 15.9 Å². The van der Waals surface area contributed by atoms with Gasteiger partial charge in [0.15, 0.2) is 11.0 Å². The number of halogens is 1. The Morgan fingerprint density at radius 1 is 1.05 bits per heavy atom. The fraction of sp³-hybridized carbons (Fsp3) is 0.240. The van der Waals surface area contributed by atoms with Crippen molar-refractivity contribution in [3.63, 3.8) is 0 Å². The van der Waals surface area contributed by atoms with E-state index < -0.39 is 15.8 Å². The topological polar surface area (TPSA) is 120 Å². The standard InChI is InChI=1S/C25H24FN5O5S2/c26-19-6-8-20(9-7-19)31-24(28-29-25(31)37-17-23(32)27-16-21-4-2-12-36-21)18-3-1-5-22(15-18)38(33,34)30-10-13-35-14-11-30/h1-9,12,15H,10-11,13-14,16-17H2,(H,27,32). The van der Waals surface area contributed by atoms with Crippen molar-refractivity contribution in [1.82, 2.24) is 24.4 Å². The Labute approximate surface area is 222 Å². The summed E-state index contributed by atoms with van der Waals surface area (Å²) in [6.07, 6.45) is 1.53. The fourth-order valence-corrected chi connectivity index (χ4v) is 6.12. The molecule has 0 bridgehead atoms. The van der Waals surface area contributed by atoms with E-state index in [0.717, 1.165) is 11.8 Å². The van der Waals surface area contributed by atoms with Gasteiger partial charge in [-0.15, -0.1) is 10.2 Å². The Morgan fingerprint density at radius 3 is 2.58 bits per heavy atom. The molecular formula is C25H24FN5O5S2. The number of amides is 1. The van der Waals surface area contributed by atoms with Gasteiger partial charge in [0.05, 0.1) is 36.7 Å². The van der Waals surface area contributed by atoms with Gasteiger partial charge in [-0.1, -0.05) is 23.9 Å². The quantitative estimate of drug-likeness (QED) is 0.312. The minimum Gasteiger partial charge on any atom is -0.467 e. The van der Waals surface area contributed by atoms with Crippen molar-refractivity contribution in [1.29, 1.82) is 0 Å². The van der Waals surface area contributed by atoms with Crippen molar-refractivity contribution in [3.8, 4) is 17.1 Å². The number of ether oxygens (including phenoxy) is 1. The number of rotatable bonds is 9. The monoisotopic (exact) mass is 557 g/mol. The van der Waals surface area contributed by atoms with Crippen molar-refractivity contribution in [2.45, 2.75) is 16.6 Å². The molecule has 0 atom stereocenters. The number of carbonyl (C=O) groups is 1. The number of hydrogen-bond acceptors (Lipinski definition) is 8. The molecule has 38 heavy (non-hydrogen) atoms. The van der Waals surface area contributed by atoms with Crippen LogP contribution in [-0.4, -0.2) is 65.5 Å². The van der Waals surface area contributed by atoms with Crippen molar-refractivity contribution in [2.24, 2.45) is 0 Å². The molecule has 4 aromatic rings. The predicted octanol–water partition coefficient (Wildman–Crippen LogP) is 3.10. The smallest absolute Gasteiger partial charge is 0.243 e. The van der Waals surface area contributed by atoms with Crippen LogP contribution in [0, 0.1) is 5.82 Å². The highest BCUT2D eigenvalue weighted by Gasteiger charge is 2.27. The van der Waals surface area contributed by atoms with E-state index in [4.69, 9.17) is 9.15 Å². The van der Waals surface area contributed by atoms with Gasteiger partial charge in [-0.3, -0.25) is 9.36 Å². The van der Waals surface area contributed by atoms with Crippen LogP contribution in [0.1, 0.15) is 5.76 Å². The molecule has 0 spiro atoms. The first-order chi connectivity index (χ1) is 18.4. The van der Waals surface area contributed by atoms with Crippen LogP contribution in [0.3, 0.4) is 0 Å². The van der Waals surface area contributed by atoms with E-state index in [0.29, 0.717) is 41.2 Å². The van der Waals surface area contributed by atoms with Gasteiger partial charge in [0, 0.05) is 24.3 Å². The predicted molar refractivity (Wildman–Crippen MR) is 138 cm³/mol. The molecule has 1 aliphatic rings. The third-order valence-electron chi connectivity index (χ3n) is 5.79. The van der Waals surface area contributed by atoms with Gasteiger partial charge in [0.1, 0.15) is 11.6 Å². The molecule has 1 aliphatic heterocycles. The Hall–Kier alpha value is -3.52. The number of nitrogens with one attached hydrogen (secondary N) is 1. The molecule has 2 aromatic carbocycles. The lowest BCUT2D eigenvalue weighted by molar-refractivity contribution is -0.118. The fourth-order valence-electron chi connectivity index (χ4n) is 3.88. The summed E-state index contributed by atoms with van der Waals surface area (Å²) in [5.41, 5.74) is 1.07. The van der Waals surface area contributed by atoms with Gasteiger partial charge < -0.3 is 14.5 Å². The number of thioether (sulfide) groups is 1. The van der Waals surface area contributed by atoms with Crippen LogP contribution in [0.2, 0.25) is 0 Å². The molecule has 1 saturated heterocycles. The van der Waals surface area contributed by atoms with Crippen molar-refractivity contribution >= 4 is 27.7 Å². The lowest BCUT2D eigenvalue weighted by Crippen LogP contribution is -2.40. The largest absolute Gasteiger partial charge is 0.467 e. The van der Waals surface area contributed by atoms with E-state index in [1.165, 1.54) is 28.8 Å². The third kappa shape index (κ3) is 5.80. The van der Waals surface area contributed by atoms with E-state index in [-0.39, 0.29) is 36.2 Å². The number of sulfonamides is 1. The molecule has 198 valence electrons. The molecular weight excluding hydrogens is 533 g/mol. The van der Waals surface area contributed by atoms with Gasteiger partial charge in [-0.2, -0.15) is 4.31 Å². The van der Waals surface area contributed by atoms with E-state index in [9.17, 15) is 17.6 Å². The summed E-state index contributed by atoms with van der Waals surface area (Å²) in [4.78, 5) is 12.5. The van der Waals surface area contributed by atoms with Crippen molar-refractivity contribution in [3.05, 3.63) is 78.5 Å².